The Morgan fingerprint density at radius 1 is 1.20 bits per heavy atom. The Bertz CT molecular complexity index is 1190. The Morgan fingerprint density at radius 3 is 2.67 bits per heavy atom. The number of nitrogens with one attached hydrogen (secondary N) is 1. The maximum absolute atomic E-state index is 12.3. The van der Waals surface area contributed by atoms with Crippen LogP contribution >= 0.6 is 11.3 Å². The van der Waals surface area contributed by atoms with E-state index in [0.29, 0.717) is 0 Å². The summed E-state index contributed by atoms with van der Waals surface area (Å²) >= 11 is 1.50. The lowest BCUT2D eigenvalue weighted by molar-refractivity contribution is 0.415. The summed E-state index contributed by atoms with van der Waals surface area (Å²) < 4.78 is 31.0. The molecule has 1 N–H and O–H groups in total. The molecule has 7 nitrogen and oxygen atoms in total. The van der Waals surface area contributed by atoms with Gasteiger partial charge < -0.3 is 10.1 Å². The minimum absolute atomic E-state index is 0.0741. The standard InChI is InChI=1S/C21H22N4O3S2/c1-21(13-30(26,27)25(2)14-22-21)16-5-4-6-17(11-16)23-20-24-19(12-29-20)15-7-9-18(28-3)10-8-15/h4-12,14H,13H2,1-3H3,(H,23,24). The number of rotatable bonds is 5. The Labute approximate surface area is 180 Å². The van der Waals surface area contributed by atoms with Crippen LogP contribution in [0.1, 0.15) is 12.5 Å². The fourth-order valence-electron chi connectivity index (χ4n) is 3.21. The van der Waals surface area contributed by atoms with Crippen molar-refractivity contribution in [3.05, 3.63) is 59.5 Å². The highest BCUT2D eigenvalue weighted by Crippen LogP contribution is 2.33. The van der Waals surface area contributed by atoms with Crippen molar-refractivity contribution in [1.82, 2.24) is 9.29 Å². The van der Waals surface area contributed by atoms with Crippen LogP contribution in [0.25, 0.3) is 11.3 Å². The zero-order valence-corrected chi connectivity index (χ0v) is 18.5. The predicted octanol–water partition coefficient (Wildman–Crippen LogP) is 4.08. The second kappa shape index (κ2) is 7.73. The first-order chi connectivity index (χ1) is 14.3. The molecule has 0 bridgehead atoms. The van der Waals surface area contributed by atoms with Crippen LogP contribution in [0.15, 0.2) is 58.9 Å². The number of sulfonamides is 1. The van der Waals surface area contributed by atoms with Crippen LogP contribution < -0.4 is 10.1 Å². The largest absolute Gasteiger partial charge is 0.497 e. The van der Waals surface area contributed by atoms with Gasteiger partial charge in [-0.05, 0) is 48.9 Å². The smallest absolute Gasteiger partial charge is 0.238 e. The molecule has 156 valence electrons. The third-order valence-electron chi connectivity index (χ3n) is 5.03. The molecule has 0 saturated carbocycles. The molecule has 4 rings (SSSR count). The van der Waals surface area contributed by atoms with Crippen LogP contribution in [0.3, 0.4) is 0 Å². The lowest BCUT2D eigenvalue weighted by Crippen LogP contribution is -2.42. The molecule has 1 aromatic heterocycles. The number of hydrogen-bond acceptors (Lipinski definition) is 7. The summed E-state index contributed by atoms with van der Waals surface area (Å²) in [5, 5.41) is 6.06. The highest BCUT2D eigenvalue weighted by Gasteiger charge is 2.37. The number of hydrogen-bond donors (Lipinski definition) is 1. The summed E-state index contributed by atoms with van der Waals surface area (Å²) in [7, 11) is -0.238. The molecule has 1 aliphatic heterocycles. The quantitative estimate of drug-likeness (QED) is 0.644. The SMILES string of the molecule is COc1ccc(-c2csc(Nc3cccc(C4(C)CS(=O)(=O)N(C)C=N4)c3)n2)cc1. The first-order valence-electron chi connectivity index (χ1n) is 9.28. The average molecular weight is 443 g/mol. The molecule has 0 fully saturated rings. The van der Waals surface area contributed by atoms with Gasteiger partial charge in [0.1, 0.15) is 11.3 Å². The van der Waals surface area contributed by atoms with Gasteiger partial charge in [-0.15, -0.1) is 11.3 Å². The highest BCUT2D eigenvalue weighted by molar-refractivity contribution is 7.89. The molecule has 0 amide bonds. The van der Waals surface area contributed by atoms with Gasteiger partial charge in [-0.1, -0.05) is 12.1 Å². The molecule has 1 unspecified atom stereocenters. The highest BCUT2D eigenvalue weighted by atomic mass is 32.2. The molecule has 0 radical (unpaired) electrons. The molecular formula is C21H22N4O3S2. The fourth-order valence-corrected chi connectivity index (χ4v) is 5.30. The number of ether oxygens (including phenoxy) is 1. The number of anilines is 2. The summed E-state index contributed by atoms with van der Waals surface area (Å²) in [4.78, 5) is 9.14. The Kier molecular flexibility index (Phi) is 5.25. The number of aliphatic imine (C=N–C) groups is 1. The third kappa shape index (κ3) is 4.03. The van der Waals surface area contributed by atoms with Gasteiger partial charge in [0, 0.05) is 23.7 Å². The van der Waals surface area contributed by atoms with Crippen LogP contribution in [-0.2, 0) is 15.6 Å². The normalized spacial score (nSPS) is 20.2. The van der Waals surface area contributed by atoms with Crippen molar-refractivity contribution in [2.24, 2.45) is 4.99 Å². The maximum Gasteiger partial charge on any atom is 0.238 e. The van der Waals surface area contributed by atoms with Crippen LogP contribution in [-0.4, -0.2) is 44.0 Å². The van der Waals surface area contributed by atoms with Crippen LogP contribution in [0.5, 0.6) is 5.75 Å². The Hall–Kier alpha value is -2.91. The van der Waals surface area contributed by atoms with Crippen molar-refractivity contribution in [2.75, 3.05) is 25.2 Å². The topological polar surface area (TPSA) is 83.9 Å². The molecule has 2 heterocycles. The molecular weight excluding hydrogens is 420 g/mol. The summed E-state index contributed by atoms with van der Waals surface area (Å²) in [5.41, 5.74) is 2.70. The van der Waals surface area contributed by atoms with E-state index in [-0.39, 0.29) is 5.75 Å². The van der Waals surface area contributed by atoms with Crippen LogP contribution in [0, 0.1) is 0 Å². The lowest BCUT2D eigenvalue weighted by atomic mass is 9.94. The average Bonchev–Trinajstić information content (AvgIpc) is 3.19. The van der Waals surface area contributed by atoms with Gasteiger partial charge in [0.25, 0.3) is 0 Å². The van der Waals surface area contributed by atoms with Crippen LogP contribution in [0.2, 0.25) is 0 Å². The van der Waals surface area contributed by atoms with Gasteiger partial charge >= 0.3 is 0 Å². The number of methoxy groups -OCH3 is 1. The number of thiazole rings is 1. The van der Waals surface area contributed by atoms with Crippen molar-refractivity contribution in [2.45, 2.75) is 12.5 Å². The zero-order chi connectivity index (χ0) is 21.4. The van der Waals surface area contributed by atoms with E-state index in [1.807, 2.05) is 60.8 Å². The lowest BCUT2D eigenvalue weighted by Gasteiger charge is -2.32. The van der Waals surface area contributed by atoms with E-state index < -0.39 is 15.6 Å². The third-order valence-corrected chi connectivity index (χ3v) is 7.69. The zero-order valence-electron chi connectivity index (χ0n) is 16.9. The molecule has 1 atom stereocenters. The van der Waals surface area contributed by atoms with Crippen molar-refractivity contribution in [1.29, 1.82) is 0 Å². The molecule has 2 aromatic carbocycles. The van der Waals surface area contributed by atoms with Gasteiger partial charge in [0.2, 0.25) is 10.0 Å². The van der Waals surface area contributed by atoms with Gasteiger partial charge in [0.05, 0.1) is 24.9 Å². The second-order valence-corrected chi connectivity index (χ2v) is 10.1. The van der Waals surface area contributed by atoms with Crippen molar-refractivity contribution < 1.29 is 13.2 Å². The van der Waals surface area contributed by atoms with Gasteiger partial charge in [-0.3, -0.25) is 9.30 Å². The molecule has 30 heavy (non-hydrogen) atoms. The second-order valence-electron chi connectivity index (χ2n) is 7.26. The van der Waals surface area contributed by atoms with Crippen molar-refractivity contribution in [3.8, 4) is 17.0 Å². The summed E-state index contributed by atoms with van der Waals surface area (Å²) in [6.07, 6.45) is 1.38. The predicted molar refractivity (Wildman–Crippen MR) is 121 cm³/mol. The molecule has 0 spiro atoms. The molecule has 1 aliphatic rings. The number of benzene rings is 2. The molecule has 0 saturated heterocycles. The van der Waals surface area contributed by atoms with E-state index in [0.717, 1.165) is 37.7 Å². The van der Waals surface area contributed by atoms with E-state index in [1.54, 1.807) is 7.11 Å². The van der Waals surface area contributed by atoms with Gasteiger partial charge in [0.15, 0.2) is 5.13 Å². The van der Waals surface area contributed by atoms with Crippen LogP contribution in [0.4, 0.5) is 10.8 Å². The monoisotopic (exact) mass is 442 g/mol. The summed E-state index contributed by atoms with van der Waals surface area (Å²) in [6, 6.07) is 15.4. The Morgan fingerprint density at radius 2 is 1.97 bits per heavy atom. The van der Waals surface area contributed by atoms with E-state index in [2.05, 4.69) is 15.3 Å². The number of aromatic nitrogens is 1. The minimum Gasteiger partial charge on any atom is -0.497 e. The van der Waals surface area contributed by atoms with Crippen molar-refractivity contribution >= 4 is 38.5 Å². The maximum atomic E-state index is 12.3. The molecule has 3 aromatic rings. The number of nitrogens with zero attached hydrogens (tertiary/aromatic N) is 3. The summed E-state index contributed by atoms with van der Waals surface area (Å²) in [6.45, 7) is 1.83. The molecule has 0 aliphatic carbocycles. The molecule has 9 heteroatoms. The van der Waals surface area contributed by atoms with E-state index >= 15 is 0 Å². The summed E-state index contributed by atoms with van der Waals surface area (Å²) in [5.74, 6) is 0.728. The van der Waals surface area contributed by atoms with Gasteiger partial charge in [-0.2, -0.15) is 0 Å². The van der Waals surface area contributed by atoms with Gasteiger partial charge in [-0.25, -0.2) is 13.4 Å². The fraction of sp³-hybridized carbons (Fsp3) is 0.238. The van der Waals surface area contributed by atoms with E-state index in [4.69, 9.17) is 4.74 Å². The van der Waals surface area contributed by atoms with E-state index in [9.17, 15) is 8.42 Å². The van der Waals surface area contributed by atoms with Crippen molar-refractivity contribution in [3.63, 3.8) is 0 Å². The minimum atomic E-state index is -3.38. The Balaban J connectivity index is 1.56. The first kappa shape index (κ1) is 20.4. The van der Waals surface area contributed by atoms with E-state index in [1.165, 1.54) is 24.7 Å². The first-order valence-corrected chi connectivity index (χ1v) is 11.8.